The van der Waals surface area contributed by atoms with Crippen molar-refractivity contribution in [2.24, 2.45) is 0 Å². The van der Waals surface area contributed by atoms with Gasteiger partial charge < -0.3 is 19.9 Å². The van der Waals surface area contributed by atoms with Crippen molar-refractivity contribution in [1.82, 2.24) is 14.9 Å². The van der Waals surface area contributed by atoms with Crippen LogP contribution in [-0.4, -0.2) is 48.2 Å². The summed E-state index contributed by atoms with van der Waals surface area (Å²) in [6.07, 6.45) is 2.86. The summed E-state index contributed by atoms with van der Waals surface area (Å²) in [4.78, 5) is 12.6. The molecule has 0 radical (unpaired) electrons. The predicted octanol–water partition coefficient (Wildman–Crippen LogP) is 6.51. The third-order valence-corrected chi connectivity index (χ3v) is 7.62. The average Bonchev–Trinajstić information content (AvgIpc) is 2.96. The minimum atomic E-state index is -0.694. The smallest absolute Gasteiger partial charge is 0.227 e. The number of rotatable bonds is 6. The van der Waals surface area contributed by atoms with Crippen LogP contribution in [0.25, 0.3) is 11.3 Å². The summed E-state index contributed by atoms with van der Waals surface area (Å²) in [5.74, 6) is -1.18. The first kappa shape index (κ1) is 26.1. The second kappa shape index (κ2) is 11.2. The Morgan fingerprint density at radius 3 is 2.50 bits per heavy atom. The van der Waals surface area contributed by atoms with Gasteiger partial charge in [0, 0.05) is 17.8 Å². The molecular formula is C31H30F3N5O. The molecule has 1 aromatic heterocycles. The number of nitrogens with zero attached hydrogens (tertiary/aromatic N) is 4. The van der Waals surface area contributed by atoms with E-state index in [1.165, 1.54) is 12.1 Å². The van der Waals surface area contributed by atoms with Crippen LogP contribution in [0.5, 0.6) is 5.75 Å². The van der Waals surface area contributed by atoms with E-state index in [4.69, 9.17) is 4.74 Å². The van der Waals surface area contributed by atoms with Crippen LogP contribution in [0.4, 0.5) is 30.5 Å². The standard InChI is InChI=1S/C31H30F3N5O/c1-38-11-9-21(10-12-38)24-8-7-23(17-25(24)32)36-31-35-18-27(34)29(37-31)22-15-26(33)30-28(16-22)39(13-14-40-30)19-20-5-3-2-4-6-20/h2-8,15-18,21H,9-14,19H2,1H3,(H,35,36,37). The molecule has 1 N–H and O–H groups in total. The minimum absolute atomic E-state index is 0.0622. The Bertz CT molecular complexity index is 1510. The van der Waals surface area contributed by atoms with E-state index in [1.54, 1.807) is 18.2 Å². The van der Waals surface area contributed by atoms with Gasteiger partial charge in [-0.05, 0) is 74.3 Å². The van der Waals surface area contributed by atoms with Crippen LogP contribution in [0.15, 0.2) is 66.9 Å². The molecule has 0 unspecified atom stereocenters. The molecular weight excluding hydrogens is 515 g/mol. The molecule has 2 aliphatic heterocycles. The van der Waals surface area contributed by atoms with E-state index in [2.05, 4.69) is 27.2 Å². The van der Waals surface area contributed by atoms with E-state index >= 15 is 8.78 Å². The number of hydrogen-bond donors (Lipinski definition) is 1. The number of hydrogen-bond acceptors (Lipinski definition) is 6. The molecule has 0 atom stereocenters. The Balaban J connectivity index is 1.26. The number of benzene rings is 3. The van der Waals surface area contributed by atoms with Crippen LogP contribution in [0.2, 0.25) is 0 Å². The summed E-state index contributed by atoms with van der Waals surface area (Å²) in [6, 6.07) is 17.7. The first-order chi connectivity index (χ1) is 19.4. The lowest BCUT2D eigenvalue weighted by Gasteiger charge is -2.32. The zero-order valence-electron chi connectivity index (χ0n) is 22.2. The maximum absolute atomic E-state index is 15.2. The van der Waals surface area contributed by atoms with Gasteiger partial charge >= 0.3 is 0 Å². The number of piperidine rings is 1. The number of likely N-dealkylation sites (tertiary alicyclic amines) is 1. The number of aromatic nitrogens is 2. The largest absolute Gasteiger partial charge is 0.486 e. The fourth-order valence-corrected chi connectivity index (χ4v) is 5.45. The zero-order valence-corrected chi connectivity index (χ0v) is 22.2. The van der Waals surface area contributed by atoms with Crippen molar-refractivity contribution in [3.8, 4) is 17.0 Å². The maximum Gasteiger partial charge on any atom is 0.227 e. The molecule has 1 fully saturated rings. The Morgan fingerprint density at radius 2 is 1.73 bits per heavy atom. The maximum atomic E-state index is 15.2. The molecule has 3 aromatic carbocycles. The molecule has 6 rings (SSSR count). The SMILES string of the molecule is CN1CCC(c2ccc(Nc3ncc(F)c(-c4cc(F)c5c(c4)N(Cc4ccccc4)CCO5)n3)cc2F)CC1. The van der Waals surface area contributed by atoms with Crippen molar-refractivity contribution in [2.75, 3.05) is 43.5 Å². The molecule has 206 valence electrons. The molecule has 0 aliphatic carbocycles. The number of ether oxygens (including phenoxy) is 1. The van der Waals surface area contributed by atoms with Gasteiger partial charge in [-0.25, -0.2) is 23.1 Å². The molecule has 9 heteroatoms. The summed E-state index contributed by atoms with van der Waals surface area (Å²) >= 11 is 0. The van der Waals surface area contributed by atoms with Gasteiger partial charge in [-0.2, -0.15) is 0 Å². The predicted molar refractivity (Wildman–Crippen MR) is 150 cm³/mol. The topological polar surface area (TPSA) is 53.5 Å². The fourth-order valence-electron chi connectivity index (χ4n) is 5.45. The van der Waals surface area contributed by atoms with Gasteiger partial charge in [0.05, 0.1) is 18.4 Å². The lowest BCUT2D eigenvalue weighted by atomic mass is 9.89. The third kappa shape index (κ3) is 5.47. The second-order valence-corrected chi connectivity index (χ2v) is 10.4. The van der Waals surface area contributed by atoms with E-state index < -0.39 is 11.6 Å². The van der Waals surface area contributed by atoms with Crippen molar-refractivity contribution in [2.45, 2.75) is 25.3 Å². The molecule has 0 spiro atoms. The van der Waals surface area contributed by atoms with Crippen LogP contribution < -0.4 is 15.0 Å². The summed E-state index contributed by atoms with van der Waals surface area (Å²) < 4.78 is 50.8. The van der Waals surface area contributed by atoms with E-state index in [-0.39, 0.29) is 34.7 Å². The van der Waals surface area contributed by atoms with Gasteiger partial charge in [0.15, 0.2) is 17.4 Å². The number of fused-ring (bicyclic) bond motifs is 1. The molecule has 1 saturated heterocycles. The van der Waals surface area contributed by atoms with Crippen LogP contribution in [0, 0.1) is 17.5 Å². The van der Waals surface area contributed by atoms with Crippen LogP contribution >= 0.6 is 0 Å². The highest BCUT2D eigenvalue weighted by Gasteiger charge is 2.25. The Kier molecular flexibility index (Phi) is 7.30. The molecule has 0 saturated carbocycles. The van der Waals surface area contributed by atoms with Crippen molar-refractivity contribution in [3.05, 3.63) is 95.4 Å². The fraction of sp³-hybridized carbons (Fsp3) is 0.290. The van der Waals surface area contributed by atoms with E-state index in [0.717, 1.165) is 37.7 Å². The lowest BCUT2D eigenvalue weighted by molar-refractivity contribution is 0.253. The zero-order chi connectivity index (χ0) is 27.6. The quantitative estimate of drug-likeness (QED) is 0.298. The first-order valence-corrected chi connectivity index (χ1v) is 13.5. The molecule has 0 amide bonds. The lowest BCUT2D eigenvalue weighted by Crippen LogP contribution is -2.32. The number of halogens is 3. The Hall–Kier alpha value is -4.11. The third-order valence-electron chi connectivity index (χ3n) is 7.62. The summed E-state index contributed by atoms with van der Waals surface area (Å²) in [5.41, 5.74) is 2.94. The minimum Gasteiger partial charge on any atom is -0.486 e. The summed E-state index contributed by atoms with van der Waals surface area (Å²) in [7, 11) is 2.07. The van der Waals surface area contributed by atoms with E-state index in [1.807, 2.05) is 35.2 Å². The molecule has 3 heterocycles. The van der Waals surface area contributed by atoms with Crippen molar-refractivity contribution in [3.63, 3.8) is 0 Å². The van der Waals surface area contributed by atoms with E-state index in [9.17, 15) is 4.39 Å². The van der Waals surface area contributed by atoms with Crippen molar-refractivity contribution < 1.29 is 17.9 Å². The normalized spacial score (nSPS) is 15.9. The van der Waals surface area contributed by atoms with Crippen molar-refractivity contribution in [1.29, 1.82) is 0 Å². The summed E-state index contributed by atoms with van der Waals surface area (Å²) in [6.45, 7) is 3.34. The van der Waals surface area contributed by atoms with Gasteiger partial charge in [0.1, 0.15) is 18.1 Å². The van der Waals surface area contributed by atoms with Gasteiger partial charge in [0.2, 0.25) is 5.95 Å². The van der Waals surface area contributed by atoms with Gasteiger partial charge in [-0.15, -0.1) is 0 Å². The monoisotopic (exact) mass is 545 g/mol. The molecule has 6 nitrogen and oxygen atoms in total. The Labute approximate surface area is 231 Å². The average molecular weight is 546 g/mol. The van der Waals surface area contributed by atoms with Gasteiger partial charge in [-0.3, -0.25) is 0 Å². The highest BCUT2D eigenvalue weighted by Crippen LogP contribution is 2.39. The second-order valence-electron chi connectivity index (χ2n) is 10.4. The number of nitrogens with one attached hydrogen (secondary N) is 1. The van der Waals surface area contributed by atoms with Crippen LogP contribution in [0.1, 0.15) is 29.9 Å². The first-order valence-electron chi connectivity index (χ1n) is 13.5. The van der Waals surface area contributed by atoms with Crippen LogP contribution in [-0.2, 0) is 6.54 Å². The van der Waals surface area contributed by atoms with Gasteiger partial charge in [-0.1, -0.05) is 36.4 Å². The summed E-state index contributed by atoms with van der Waals surface area (Å²) in [5, 5.41) is 2.97. The van der Waals surface area contributed by atoms with E-state index in [0.29, 0.717) is 36.6 Å². The highest BCUT2D eigenvalue weighted by atomic mass is 19.1. The Morgan fingerprint density at radius 1 is 0.925 bits per heavy atom. The molecule has 0 bridgehead atoms. The molecule has 2 aliphatic rings. The molecule has 40 heavy (non-hydrogen) atoms. The molecule has 4 aromatic rings. The van der Waals surface area contributed by atoms with Crippen molar-refractivity contribution >= 4 is 17.3 Å². The number of anilines is 3. The van der Waals surface area contributed by atoms with Gasteiger partial charge in [0.25, 0.3) is 0 Å². The van der Waals surface area contributed by atoms with Crippen LogP contribution in [0.3, 0.4) is 0 Å². The highest BCUT2D eigenvalue weighted by molar-refractivity contribution is 5.73.